The molecule has 1 rings (SSSR count). The number of hydrogen-bond acceptors (Lipinski definition) is 2. The molecule has 0 bridgehead atoms. The van der Waals surface area contributed by atoms with E-state index in [0.29, 0.717) is 18.6 Å². The van der Waals surface area contributed by atoms with Crippen molar-refractivity contribution < 1.29 is 41.0 Å². The van der Waals surface area contributed by atoms with Crippen molar-refractivity contribution in [3.05, 3.63) is 34.9 Å². The summed E-state index contributed by atoms with van der Waals surface area (Å²) in [6.07, 6.45) is -10.9. The molecule has 0 aliphatic heterocycles. The van der Waals surface area contributed by atoms with Gasteiger partial charge in [-0.3, -0.25) is 4.79 Å². The molecule has 1 amide bonds. The normalized spacial score (nSPS) is 13.3. The minimum absolute atomic E-state index is 0.00776. The predicted molar refractivity (Wildman–Crippen MR) is 83.9 cm³/mol. The van der Waals surface area contributed by atoms with Crippen LogP contribution >= 0.6 is 0 Å². The van der Waals surface area contributed by atoms with Crippen molar-refractivity contribution in [1.82, 2.24) is 5.32 Å². The molecule has 0 fully saturated rings. The highest BCUT2D eigenvalue weighted by Gasteiger charge is 2.33. The van der Waals surface area contributed by atoms with Gasteiger partial charge < -0.3 is 10.4 Å². The summed E-state index contributed by atoms with van der Waals surface area (Å²) in [4.78, 5) is 23.2. The largest absolute Gasteiger partial charge is 0.479 e. The topological polar surface area (TPSA) is 66.4 Å². The number of nitrogens with one attached hydrogen (secondary N) is 1. The predicted octanol–water partition coefficient (Wildman–Crippen LogP) is 4.63. The number of benzene rings is 1. The molecule has 1 unspecified atom stereocenters. The molecule has 1 aromatic carbocycles. The molecule has 2 N–H and O–H groups in total. The molecule has 0 radical (unpaired) electrons. The number of halogens is 6. The van der Waals surface area contributed by atoms with Crippen LogP contribution in [0.1, 0.15) is 55.3 Å². The van der Waals surface area contributed by atoms with Crippen LogP contribution in [0.4, 0.5) is 26.3 Å². The third-order valence-electron chi connectivity index (χ3n) is 3.72. The molecule has 10 heteroatoms. The highest BCUT2D eigenvalue weighted by molar-refractivity contribution is 5.84. The van der Waals surface area contributed by atoms with Crippen LogP contribution in [0.25, 0.3) is 0 Å². The van der Waals surface area contributed by atoms with Crippen LogP contribution in [0.3, 0.4) is 0 Å². The Morgan fingerprint density at radius 3 is 2.26 bits per heavy atom. The zero-order valence-electron chi connectivity index (χ0n) is 14.4. The maximum absolute atomic E-state index is 12.9. The SMILES string of the molecule is CCCC(=O)NC(C(=O)O)c1ccc(C(F)(F)F)cc1CCCC(F)(F)F. The number of carbonyl (C=O) groups is 2. The molecule has 0 spiro atoms. The molecule has 1 atom stereocenters. The minimum atomic E-state index is -4.73. The van der Waals surface area contributed by atoms with E-state index in [1.807, 2.05) is 0 Å². The monoisotopic (exact) mass is 399 g/mol. The standard InChI is InChI=1S/C17H19F6NO3/c1-2-4-13(25)24-14(15(26)27)12-7-6-11(17(21,22)23)9-10(12)5-3-8-16(18,19)20/h6-7,9,14H,2-5,8H2,1H3,(H,24,25)(H,26,27). The first-order valence-corrected chi connectivity index (χ1v) is 8.14. The van der Waals surface area contributed by atoms with Gasteiger partial charge in [0.25, 0.3) is 0 Å². The average Bonchev–Trinajstić information content (AvgIpc) is 2.50. The highest BCUT2D eigenvalue weighted by atomic mass is 19.4. The fraction of sp³-hybridized carbons (Fsp3) is 0.529. The van der Waals surface area contributed by atoms with E-state index in [1.165, 1.54) is 0 Å². The molecule has 0 heterocycles. The van der Waals surface area contributed by atoms with Crippen LogP contribution in [-0.2, 0) is 22.2 Å². The summed E-state index contributed by atoms with van der Waals surface area (Å²) in [5.41, 5.74) is -1.46. The van der Waals surface area contributed by atoms with Gasteiger partial charge in [-0.1, -0.05) is 13.0 Å². The van der Waals surface area contributed by atoms with Crippen LogP contribution in [0.15, 0.2) is 18.2 Å². The van der Waals surface area contributed by atoms with Gasteiger partial charge in [0.1, 0.15) is 0 Å². The van der Waals surface area contributed by atoms with Crippen molar-refractivity contribution in [3.8, 4) is 0 Å². The molecular formula is C17H19F6NO3. The quantitative estimate of drug-likeness (QED) is 0.627. The molecule has 1 aromatic rings. The summed E-state index contributed by atoms with van der Waals surface area (Å²) < 4.78 is 75.8. The van der Waals surface area contributed by atoms with Crippen molar-refractivity contribution in [2.45, 2.75) is 57.4 Å². The Morgan fingerprint density at radius 1 is 1.15 bits per heavy atom. The number of aliphatic carboxylic acids is 1. The molecule has 152 valence electrons. The third kappa shape index (κ3) is 7.48. The molecule has 0 aromatic heterocycles. The molecule has 4 nitrogen and oxygen atoms in total. The van der Waals surface area contributed by atoms with Crippen molar-refractivity contribution in [2.75, 3.05) is 0 Å². The number of amides is 1. The van der Waals surface area contributed by atoms with E-state index in [1.54, 1.807) is 6.92 Å². The Balaban J connectivity index is 3.23. The molecule has 0 aliphatic carbocycles. The van der Waals surface area contributed by atoms with Crippen LogP contribution in [0.2, 0.25) is 0 Å². The summed E-state index contributed by atoms with van der Waals surface area (Å²) in [6, 6.07) is 0.516. The lowest BCUT2D eigenvalue weighted by molar-refractivity contribution is -0.142. The van der Waals surface area contributed by atoms with Gasteiger partial charge in [-0.25, -0.2) is 4.79 Å². The van der Waals surface area contributed by atoms with Gasteiger partial charge in [-0.15, -0.1) is 0 Å². The lowest BCUT2D eigenvalue weighted by Gasteiger charge is -2.20. The number of aryl methyl sites for hydroxylation is 1. The fourth-order valence-corrected chi connectivity index (χ4v) is 2.49. The first-order chi connectivity index (χ1) is 12.3. The molecule has 0 saturated heterocycles. The van der Waals surface area contributed by atoms with Crippen molar-refractivity contribution >= 4 is 11.9 Å². The first-order valence-electron chi connectivity index (χ1n) is 8.14. The summed E-state index contributed by atoms with van der Waals surface area (Å²) in [7, 11) is 0. The van der Waals surface area contributed by atoms with Crippen LogP contribution in [-0.4, -0.2) is 23.2 Å². The van der Waals surface area contributed by atoms with Crippen molar-refractivity contribution in [2.24, 2.45) is 0 Å². The van der Waals surface area contributed by atoms with E-state index >= 15 is 0 Å². The Bertz CT molecular complexity index is 670. The zero-order valence-corrected chi connectivity index (χ0v) is 14.4. The van der Waals surface area contributed by atoms with Gasteiger partial charge in [0.2, 0.25) is 5.91 Å². The van der Waals surface area contributed by atoms with Crippen LogP contribution < -0.4 is 5.32 Å². The second kappa shape index (κ2) is 9.09. The number of hydrogen-bond donors (Lipinski definition) is 2. The van der Waals surface area contributed by atoms with E-state index in [4.69, 9.17) is 0 Å². The van der Waals surface area contributed by atoms with Gasteiger partial charge in [0, 0.05) is 12.8 Å². The number of rotatable bonds is 8. The number of alkyl halides is 6. The summed E-state index contributed by atoms with van der Waals surface area (Å²) in [5, 5.41) is 11.5. The number of carboxylic acid groups (broad SMARTS) is 1. The Hall–Kier alpha value is -2.26. The second-order valence-corrected chi connectivity index (χ2v) is 5.97. The van der Waals surface area contributed by atoms with Crippen LogP contribution in [0, 0.1) is 0 Å². The molecule has 27 heavy (non-hydrogen) atoms. The molecule has 0 saturated carbocycles. The van der Waals surface area contributed by atoms with Gasteiger partial charge in [0.15, 0.2) is 6.04 Å². The smallest absolute Gasteiger partial charge is 0.416 e. The first kappa shape index (κ1) is 22.8. The van der Waals surface area contributed by atoms with Gasteiger partial charge in [-0.05, 0) is 42.5 Å². The van der Waals surface area contributed by atoms with Gasteiger partial charge in [0.05, 0.1) is 5.56 Å². The fourth-order valence-electron chi connectivity index (χ4n) is 2.49. The van der Waals surface area contributed by atoms with Crippen LogP contribution in [0.5, 0.6) is 0 Å². The Morgan fingerprint density at radius 2 is 1.78 bits per heavy atom. The van der Waals surface area contributed by atoms with E-state index in [9.17, 15) is 41.0 Å². The van der Waals surface area contributed by atoms with Gasteiger partial charge in [-0.2, -0.15) is 26.3 Å². The minimum Gasteiger partial charge on any atom is -0.479 e. The lowest BCUT2D eigenvalue weighted by atomic mass is 9.94. The highest BCUT2D eigenvalue weighted by Crippen LogP contribution is 2.33. The number of carbonyl (C=O) groups excluding carboxylic acids is 1. The van der Waals surface area contributed by atoms with Gasteiger partial charge >= 0.3 is 18.3 Å². The maximum atomic E-state index is 12.9. The van der Waals surface area contributed by atoms with E-state index in [-0.39, 0.29) is 17.5 Å². The summed E-state index contributed by atoms with van der Waals surface area (Å²) >= 11 is 0. The van der Waals surface area contributed by atoms with E-state index in [2.05, 4.69) is 5.32 Å². The lowest BCUT2D eigenvalue weighted by Crippen LogP contribution is -2.34. The third-order valence-corrected chi connectivity index (χ3v) is 3.72. The maximum Gasteiger partial charge on any atom is 0.416 e. The molecule has 0 aliphatic rings. The second-order valence-electron chi connectivity index (χ2n) is 5.97. The molecular weight excluding hydrogens is 380 g/mol. The number of carboxylic acids is 1. The van der Waals surface area contributed by atoms with E-state index < -0.39 is 55.1 Å². The summed E-state index contributed by atoms with van der Waals surface area (Å²) in [5.74, 6) is -2.14. The van der Waals surface area contributed by atoms with E-state index in [0.717, 1.165) is 6.07 Å². The average molecular weight is 399 g/mol. The van der Waals surface area contributed by atoms with Crippen molar-refractivity contribution in [3.63, 3.8) is 0 Å². The Kier molecular flexibility index (Phi) is 7.67. The Labute approximate surface area is 151 Å². The van der Waals surface area contributed by atoms with Crippen molar-refractivity contribution in [1.29, 1.82) is 0 Å². The zero-order chi connectivity index (χ0) is 20.8. The summed E-state index contributed by atoms with van der Waals surface area (Å²) in [6.45, 7) is 1.68.